The minimum absolute atomic E-state index is 0.264. The standard InChI is InChI=1S/C9H9N2O4/c1-6(2)7-3-8(10(12)13)5-9(4-7)11(14)15/h3-5H,1-2H3. The van der Waals surface area contributed by atoms with Crippen LogP contribution in [-0.4, -0.2) is 9.85 Å². The zero-order chi connectivity index (χ0) is 11.6. The van der Waals surface area contributed by atoms with Crippen molar-refractivity contribution in [1.82, 2.24) is 0 Å². The first-order valence-electron chi connectivity index (χ1n) is 4.16. The van der Waals surface area contributed by atoms with Crippen molar-refractivity contribution >= 4 is 11.4 Å². The van der Waals surface area contributed by atoms with Crippen LogP contribution in [0.1, 0.15) is 19.4 Å². The van der Waals surface area contributed by atoms with E-state index in [0.29, 0.717) is 5.56 Å². The van der Waals surface area contributed by atoms with Gasteiger partial charge in [-0.1, -0.05) is 13.8 Å². The molecule has 0 aromatic heterocycles. The molecule has 0 aliphatic rings. The third-order valence-electron chi connectivity index (χ3n) is 1.90. The fraction of sp³-hybridized carbons (Fsp3) is 0.222. The number of nitro benzene ring substituents is 2. The number of nitro groups is 2. The van der Waals surface area contributed by atoms with Crippen molar-refractivity contribution in [2.45, 2.75) is 13.8 Å². The van der Waals surface area contributed by atoms with E-state index in [1.165, 1.54) is 12.1 Å². The van der Waals surface area contributed by atoms with Gasteiger partial charge in [0.05, 0.1) is 15.9 Å². The van der Waals surface area contributed by atoms with Gasteiger partial charge >= 0.3 is 0 Å². The Labute approximate surface area is 85.8 Å². The van der Waals surface area contributed by atoms with Crippen molar-refractivity contribution in [1.29, 1.82) is 0 Å². The van der Waals surface area contributed by atoms with Crippen LogP contribution in [0.3, 0.4) is 0 Å². The summed E-state index contributed by atoms with van der Waals surface area (Å²) in [5.41, 5.74) is -0.0169. The fourth-order valence-corrected chi connectivity index (χ4v) is 1.09. The molecule has 0 unspecified atom stereocenters. The fourth-order valence-electron chi connectivity index (χ4n) is 1.09. The lowest BCUT2D eigenvalue weighted by Crippen LogP contribution is -1.97. The Bertz CT molecular complexity index is 382. The van der Waals surface area contributed by atoms with Gasteiger partial charge in [0, 0.05) is 12.1 Å². The first-order valence-corrected chi connectivity index (χ1v) is 4.16. The molecule has 0 amide bonds. The number of nitrogens with zero attached hydrogens (tertiary/aromatic N) is 2. The van der Waals surface area contributed by atoms with Crippen LogP contribution in [0.25, 0.3) is 0 Å². The quantitative estimate of drug-likeness (QED) is 0.565. The zero-order valence-corrected chi connectivity index (χ0v) is 8.26. The Kier molecular flexibility index (Phi) is 2.99. The first kappa shape index (κ1) is 11.1. The van der Waals surface area contributed by atoms with E-state index in [-0.39, 0.29) is 11.4 Å². The van der Waals surface area contributed by atoms with Gasteiger partial charge in [-0.3, -0.25) is 20.2 Å². The first-order chi connectivity index (χ1) is 6.91. The third kappa shape index (κ3) is 2.49. The molecular weight excluding hydrogens is 200 g/mol. The van der Waals surface area contributed by atoms with Crippen molar-refractivity contribution in [2.24, 2.45) is 0 Å². The predicted octanol–water partition coefficient (Wildman–Crippen LogP) is 2.47. The van der Waals surface area contributed by atoms with Crippen LogP contribution in [0.15, 0.2) is 18.2 Å². The highest BCUT2D eigenvalue weighted by Gasteiger charge is 2.17. The summed E-state index contributed by atoms with van der Waals surface area (Å²) in [5.74, 6) is 0.793. The van der Waals surface area contributed by atoms with Gasteiger partial charge in [0.1, 0.15) is 0 Å². The number of rotatable bonds is 3. The molecule has 1 radical (unpaired) electrons. The number of hydrogen-bond acceptors (Lipinski definition) is 4. The summed E-state index contributed by atoms with van der Waals surface area (Å²) in [6.45, 7) is 3.48. The summed E-state index contributed by atoms with van der Waals surface area (Å²) in [5, 5.41) is 21.0. The zero-order valence-electron chi connectivity index (χ0n) is 8.26. The summed E-state index contributed by atoms with van der Waals surface area (Å²) in [4.78, 5) is 19.8. The smallest absolute Gasteiger partial charge is 0.258 e. The average molecular weight is 209 g/mol. The molecule has 1 aromatic carbocycles. The maximum Gasteiger partial charge on any atom is 0.276 e. The van der Waals surface area contributed by atoms with Gasteiger partial charge < -0.3 is 0 Å². The van der Waals surface area contributed by atoms with Crippen molar-refractivity contribution in [3.05, 3.63) is 49.9 Å². The summed E-state index contributed by atoms with van der Waals surface area (Å²) in [6.07, 6.45) is 0. The minimum Gasteiger partial charge on any atom is -0.258 e. The van der Waals surface area contributed by atoms with E-state index in [9.17, 15) is 20.2 Å². The van der Waals surface area contributed by atoms with E-state index >= 15 is 0 Å². The van der Waals surface area contributed by atoms with Crippen LogP contribution in [0.5, 0.6) is 0 Å². The monoisotopic (exact) mass is 209 g/mol. The molecule has 1 aromatic rings. The lowest BCUT2D eigenvalue weighted by Gasteiger charge is -2.03. The van der Waals surface area contributed by atoms with Gasteiger partial charge in [-0.05, 0) is 11.5 Å². The predicted molar refractivity (Wildman–Crippen MR) is 53.4 cm³/mol. The second-order valence-electron chi connectivity index (χ2n) is 3.25. The Morgan fingerprint density at radius 3 is 1.67 bits per heavy atom. The second kappa shape index (κ2) is 4.04. The van der Waals surface area contributed by atoms with Crippen LogP contribution in [-0.2, 0) is 0 Å². The maximum absolute atomic E-state index is 10.5. The minimum atomic E-state index is -0.639. The van der Waals surface area contributed by atoms with Crippen LogP contribution in [0.4, 0.5) is 11.4 Å². The summed E-state index contributed by atoms with van der Waals surface area (Å²) < 4.78 is 0. The van der Waals surface area contributed by atoms with Crippen LogP contribution in [0.2, 0.25) is 0 Å². The molecule has 0 aliphatic heterocycles. The molecule has 0 spiro atoms. The Morgan fingerprint density at radius 1 is 1.00 bits per heavy atom. The highest BCUT2D eigenvalue weighted by molar-refractivity contribution is 5.50. The van der Waals surface area contributed by atoms with Gasteiger partial charge in [-0.2, -0.15) is 0 Å². The van der Waals surface area contributed by atoms with Crippen LogP contribution >= 0.6 is 0 Å². The highest BCUT2D eigenvalue weighted by Crippen LogP contribution is 2.26. The van der Waals surface area contributed by atoms with Crippen LogP contribution < -0.4 is 0 Å². The van der Waals surface area contributed by atoms with Crippen molar-refractivity contribution in [3.63, 3.8) is 0 Å². The lowest BCUT2D eigenvalue weighted by atomic mass is 10.0. The van der Waals surface area contributed by atoms with Crippen LogP contribution in [0, 0.1) is 26.1 Å². The Balaban J connectivity index is 3.32. The van der Waals surface area contributed by atoms with Crippen molar-refractivity contribution in [3.8, 4) is 0 Å². The van der Waals surface area contributed by atoms with E-state index in [1.54, 1.807) is 13.8 Å². The molecule has 79 valence electrons. The molecule has 1 rings (SSSR count). The third-order valence-corrected chi connectivity index (χ3v) is 1.90. The second-order valence-corrected chi connectivity index (χ2v) is 3.25. The SMILES string of the molecule is C[C](C)c1cc([N+](=O)[O-])cc([N+](=O)[O-])c1. The lowest BCUT2D eigenvalue weighted by molar-refractivity contribution is -0.394. The molecule has 0 heterocycles. The molecule has 0 aliphatic carbocycles. The molecule has 6 heteroatoms. The van der Waals surface area contributed by atoms with E-state index in [0.717, 1.165) is 12.0 Å². The molecule has 0 saturated carbocycles. The normalized spacial score (nSPS) is 10.3. The molecule has 0 saturated heterocycles. The van der Waals surface area contributed by atoms with Gasteiger partial charge in [-0.25, -0.2) is 0 Å². The van der Waals surface area contributed by atoms with E-state index in [4.69, 9.17) is 0 Å². The number of non-ortho nitro benzene ring substituents is 2. The molecular formula is C9H9N2O4. The largest absolute Gasteiger partial charge is 0.276 e. The Morgan fingerprint density at radius 2 is 1.40 bits per heavy atom. The molecule has 15 heavy (non-hydrogen) atoms. The van der Waals surface area contributed by atoms with Crippen molar-refractivity contribution < 1.29 is 9.85 Å². The highest BCUT2D eigenvalue weighted by atomic mass is 16.6. The summed E-state index contributed by atoms with van der Waals surface area (Å²) in [7, 11) is 0. The van der Waals surface area contributed by atoms with E-state index in [1.807, 2.05) is 0 Å². The van der Waals surface area contributed by atoms with Gasteiger partial charge in [0.2, 0.25) is 0 Å². The molecule has 0 bridgehead atoms. The average Bonchev–Trinajstić information content (AvgIpc) is 2.16. The van der Waals surface area contributed by atoms with Gasteiger partial charge in [-0.15, -0.1) is 0 Å². The topological polar surface area (TPSA) is 86.3 Å². The maximum atomic E-state index is 10.5. The summed E-state index contributed by atoms with van der Waals surface area (Å²) >= 11 is 0. The van der Waals surface area contributed by atoms with Gasteiger partial charge in [0.15, 0.2) is 0 Å². The molecule has 0 atom stereocenters. The van der Waals surface area contributed by atoms with Crippen molar-refractivity contribution in [2.75, 3.05) is 0 Å². The summed E-state index contributed by atoms with van der Waals surface area (Å²) in [6, 6.07) is 3.59. The molecule has 0 fully saturated rings. The Hall–Kier alpha value is -1.98. The molecule has 6 nitrogen and oxygen atoms in total. The van der Waals surface area contributed by atoms with Gasteiger partial charge in [0.25, 0.3) is 11.4 Å². The number of benzene rings is 1. The van der Waals surface area contributed by atoms with E-state index < -0.39 is 9.85 Å². The van der Waals surface area contributed by atoms with E-state index in [2.05, 4.69) is 0 Å². The number of hydrogen-bond donors (Lipinski definition) is 0. The molecule has 0 N–H and O–H groups in total.